The van der Waals surface area contributed by atoms with Crippen LogP contribution in [0.15, 0.2) is 36.5 Å². The third kappa shape index (κ3) is 12.7. The van der Waals surface area contributed by atoms with Crippen LogP contribution in [-0.2, 0) is 0 Å². The molecular weight excluding hydrogens is 182 g/mol. The Hall–Kier alpha value is -1.29. The summed E-state index contributed by atoms with van der Waals surface area (Å²) in [4.78, 5) is 0. The molecule has 0 aromatic carbocycles. The lowest BCUT2D eigenvalue weighted by Gasteiger charge is -1.92. The molecule has 0 rings (SSSR count). The molecule has 1 nitrogen and oxygen atoms in total. The van der Waals surface area contributed by atoms with E-state index in [9.17, 15) is 0 Å². The molecule has 0 N–H and O–H groups in total. The minimum absolute atomic E-state index is 1.11. The molecule has 0 amide bonds. The zero-order valence-electron chi connectivity index (χ0n) is 9.65. The molecule has 0 saturated heterocycles. The molecule has 82 valence electrons. The van der Waals surface area contributed by atoms with Crippen molar-refractivity contribution in [3.8, 4) is 6.07 Å². The van der Waals surface area contributed by atoms with Gasteiger partial charge >= 0.3 is 0 Å². The molecule has 0 aliphatic heterocycles. The molecule has 0 saturated carbocycles. The zero-order valence-corrected chi connectivity index (χ0v) is 9.65. The van der Waals surface area contributed by atoms with Crippen LogP contribution >= 0.6 is 0 Å². The van der Waals surface area contributed by atoms with Crippen LogP contribution in [0.4, 0.5) is 0 Å². The first kappa shape index (κ1) is 13.7. The molecule has 0 aliphatic carbocycles. The molecule has 0 radical (unpaired) electrons. The summed E-state index contributed by atoms with van der Waals surface area (Å²) in [5.41, 5.74) is 0. The predicted molar refractivity (Wildman–Crippen MR) is 66.4 cm³/mol. The van der Waals surface area contributed by atoms with Gasteiger partial charge < -0.3 is 0 Å². The van der Waals surface area contributed by atoms with Crippen molar-refractivity contribution in [2.75, 3.05) is 0 Å². The first-order valence-electron chi connectivity index (χ1n) is 5.78. The lowest BCUT2D eigenvalue weighted by molar-refractivity contribution is 0.759. The summed E-state index contributed by atoms with van der Waals surface area (Å²) >= 11 is 0. The molecule has 0 aromatic rings. The number of unbranched alkanes of at least 4 members (excludes halogenated alkanes) is 4. The standard InChI is InChI=1S/C14H21N/c1-2-3-4-5-6-7-8-9-10-11-12-13-14-15/h4-5,10-13H,2-3,6-9H2,1H3/b5-4+,11-10+,13-12+. The van der Waals surface area contributed by atoms with Crippen molar-refractivity contribution < 1.29 is 0 Å². The Morgan fingerprint density at radius 3 is 2.27 bits per heavy atom. The predicted octanol–water partition coefficient (Wildman–Crippen LogP) is 4.54. The van der Waals surface area contributed by atoms with E-state index in [0.29, 0.717) is 0 Å². The fourth-order valence-electron chi connectivity index (χ4n) is 1.20. The maximum Gasteiger partial charge on any atom is 0.0912 e. The van der Waals surface area contributed by atoms with Gasteiger partial charge in [-0.3, -0.25) is 0 Å². The largest absolute Gasteiger partial charge is 0.193 e. The summed E-state index contributed by atoms with van der Waals surface area (Å²) in [6.45, 7) is 2.20. The van der Waals surface area contributed by atoms with E-state index in [1.54, 1.807) is 6.08 Å². The van der Waals surface area contributed by atoms with Crippen LogP contribution in [0, 0.1) is 11.3 Å². The van der Waals surface area contributed by atoms with Crippen molar-refractivity contribution in [1.29, 1.82) is 5.26 Å². The van der Waals surface area contributed by atoms with Gasteiger partial charge in [0.15, 0.2) is 0 Å². The van der Waals surface area contributed by atoms with Crippen LogP contribution in [0.3, 0.4) is 0 Å². The summed E-state index contributed by atoms with van der Waals surface area (Å²) in [6.07, 6.45) is 19.1. The molecule has 0 fully saturated rings. The van der Waals surface area contributed by atoms with Gasteiger partial charge in [0.1, 0.15) is 0 Å². The number of hydrogen-bond acceptors (Lipinski definition) is 1. The van der Waals surface area contributed by atoms with E-state index < -0.39 is 0 Å². The lowest BCUT2D eigenvalue weighted by atomic mass is 10.1. The molecule has 0 heterocycles. The molecular formula is C14H21N. The fourth-order valence-corrected chi connectivity index (χ4v) is 1.20. The molecule has 0 aliphatic rings. The summed E-state index contributed by atoms with van der Waals surface area (Å²) < 4.78 is 0. The van der Waals surface area contributed by atoms with Gasteiger partial charge in [-0.1, -0.05) is 43.7 Å². The van der Waals surface area contributed by atoms with Gasteiger partial charge in [0, 0.05) is 6.08 Å². The molecule has 0 spiro atoms. The normalized spacial score (nSPS) is 11.7. The number of hydrogen-bond donors (Lipinski definition) is 0. The quantitative estimate of drug-likeness (QED) is 0.246. The van der Waals surface area contributed by atoms with E-state index in [1.165, 1.54) is 38.2 Å². The Balaban J connectivity index is 3.22. The lowest BCUT2D eigenvalue weighted by Crippen LogP contribution is -1.72. The summed E-state index contributed by atoms with van der Waals surface area (Å²) in [6, 6.07) is 1.96. The molecule has 0 bridgehead atoms. The highest BCUT2D eigenvalue weighted by atomic mass is 14.2. The van der Waals surface area contributed by atoms with E-state index in [4.69, 9.17) is 5.26 Å². The van der Waals surface area contributed by atoms with E-state index >= 15 is 0 Å². The number of allylic oxidation sites excluding steroid dienone is 6. The van der Waals surface area contributed by atoms with Crippen LogP contribution in [0.1, 0.15) is 45.4 Å². The molecule has 1 heteroatoms. The van der Waals surface area contributed by atoms with Crippen molar-refractivity contribution in [3.05, 3.63) is 36.5 Å². The summed E-state index contributed by atoms with van der Waals surface area (Å²) in [5, 5.41) is 8.23. The van der Waals surface area contributed by atoms with E-state index in [2.05, 4.69) is 25.2 Å². The van der Waals surface area contributed by atoms with Crippen LogP contribution in [0.5, 0.6) is 0 Å². The first-order valence-corrected chi connectivity index (χ1v) is 5.78. The fraction of sp³-hybridized carbons (Fsp3) is 0.500. The van der Waals surface area contributed by atoms with Gasteiger partial charge in [-0.2, -0.15) is 5.26 Å². The highest BCUT2D eigenvalue weighted by Crippen LogP contribution is 2.02. The number of nitriles is 1. The van der Waals surface area contributed by atoms with Crippen LogP contribution < -0.4 is 0 Å². The molecule has 0 aromatic heterocycles. The second kappa shape index (κ2) is 12.7. The van der Waals surface area contributed by atoms with Gasteiger partial charge in [0.25, 0.3) is 0 Å². The maximum absolute atomic E-state index is 8.23. The summed E-state index contributed by atoms with van der Waals surface area (Å²) in [7, 11) is 0. The van der Waals surface area contributed by atoms with E-state index in [0.717, 1.165) is 6.42 Å². The van der Waals surface area contributed by atoms with Gasteiger partial charge in [-0.25, -0.2) is 0 Å². The SMILES string of the molecule is CCC/C=C/CCCC/C=C/C=C/C#N. The average molecular weight is 203 g/mol. The Morgan fingerprint density at radius 2 is 1.60 bits per heavy atom. The molecule has 0 unspecified atom stereocenters. The minimum atomic E-state index is 1.11. The first-order chi connectivity index (χ1) is 7.41. The minimum Gasteiger partial charge on any atom is -0.193 e. The zero-order chi connectivity index (χ0) is 11.2. The molecule has 0 atom stereocenters. The van der Waals surface area contributed by atoms with Crippen molar-refractivity contribution >= 4 is 0 Å². The van der Waals surface area contributed by atoms with Gasteiger partial charge in [-0.05, 0) is 32.1 Å². The molecule has 15 heavy (non-hydrogen) atoms. The second-order valence-corrected chi connectivity index (χ2v) is 3.46. The van der Waals surface area contributed by atoms with Crippen LogP contribution in [0.2, 0.25) is 0 Å². The van der Waals surface area contributed by atoms with Crippen molar-refractivity contribution in [2.45, 2.75) is 45.4 Å². The third-order valence-corrected chi connectivity index (χ3v) is 2.03. The van der Waals surface area contributed by atoms with Crippen molar-refractivity contribution in [1.82, 2.24) is 0 Å². The van der Waals surface area contributed by atoms with Gasteiger partial charge in [0.2, 0.25) is 0 Å². The topological polar surface area (TPSA) is 23.8 Å². The van der Waals surface area contributed by atoms with Gasteiger partial charge in [-0.15, -0.1) is 0 Å². The highest BCUT2D eigenvalue weighted by molar-refractivity contribution is 5.11. The summed E-state index contributed by atoms with van der Waals surface area (Å²) in [5.74, 6) is 0. The van der Waals surface area contributed by atoms with E-state index in [-0.39, 0.29) is 0 Å². The average Bonchev–Trinajstić information content (AvgIpc) is 2.26. The highest BCUT2D eigenvalue weighted by Gasteiger charge is 1.82. The van der Waals surface area contributed by atoms with Crippen LogP contribution in [-0.4, -0.2) is 0 Å². The van der Waals surface area contributed by atoms with E-state index in [1.807, 2.05) is 12.1 Å². The number of nitrogens with zero attached hydrogens (tertiary/aromatic N) is 1. The van der Waals surface area contributed by atoms with Crippen molar-refractivity contribution in [3.63, 3.8) is 0 Å². The monoisotopic (exact) mass is 203 g/mol. The van der Waals surface area contributed by atoms with Crippen LogP contribution in [0.25, 0.3) is 0 Å². The van der Waals surface area contributed by atoms with Crippen molar-refractivity contribution in [2.24, 2.45) is 0 Å². The Bertz CT molecular complexity index is 241. The Morgan fingerprint density at radius 1 is 0.933 bits per heavy atom. The Labute approximate surface area is 93.8 Å². The number of rotatable bonds is 8. The van der Waals surface area contributed by atoms with Gasteiger partial charge in [0.05, 0.1) is 6.07 Å². The smallest absolute Gasteiger partial charge is 0.0912 e. The third-order valence-electron chi connectivity index (χ3n) is 2.03. The maximum atomic E-state index is 8.23. The second-order valence-electron chi connectivity index (χ2n) is 3.46. The Kier molecular flexibility index (Phi) is 11.6.